The molecule has 0 aromatic carbocycles. The highest BCUT2D eigenvalue weighted by atomic mass is 19.4. The quantitative estimate of drug-likeness (QED) is 0.742. The summed E-state index contributed by atoms with van der Waals surface area (Å²) < 4.78 is 41.1. The molecule has 0 aromatic rings. The van der Waals surface area contributed by atoms with Crippen molar-refractivity contribution in [2.45, 2.75) is 62.8 Å². The van der Waals surface area contributed by atoms with Gasteiger partial charge in [0.25, 0.3) is 0 Å². The summed E-state index contributed by atoms with van der Waals surface area (Å²) in [5.41, 5.74) is -0.937. The summed E-state index contributed by atoms with van der Waals surface area (Å²) in [6, 6.07) is 0. The number of aliphatic hydroxyl groups is 1. The van der Waals surface area contributed by atoms with E-state index in [-0.39, 0.29) is 5.92 Å². The van der Waals surface area contributed by atoms with Gasteiger partial charge in [-0.25, -0.2) is 4.79 Å². The molecular weight excluding hydrogens is 249 g/mol. The fraction of sp³-hybridized carbons (Fsp3) is 0.917. The molecule has 0 spiro atoms. The van der Waals surface area contributed by atoms with Crippen LogP contribution in [0.2, 0.25) is 0 Å². The van der Waals surface area contributed by atoms with Crippen molar-refractivity contribution in [1.82, 2.24) is 0 Å². The Balaban J connectivity index is 2.06. The molecule has 2 aliphatic rings. The molecule has 0 unspecified atom stereocenters. The maximum atomic E-state index is 12.2. The van der Waals surface area contributed by atoms with E-state index in [9.17, 15) is 23.1 Å². The average molecular weight is 266 g/mol. The van der Waals surface area contributed by atoms with E-state index in [0.29, 0.717) is 32.1 Å². The highest BCUT2D eigenvalue weighted by Crippen LogP contribution is 2.45. The minimum absolute atomic E-state index is 0.341. The molecule has 1 N–H and O–H groups in total. The molecule has 2 rings (SSSR count). The van der Waals surface area contributed by atoms with Gasteiger partial charge in [-0.1, -0.05) is 12.8 Å². The van der Waals surface area contributed by atoms with Crippen molar-refractivity contribution >= 4 is 5.97 Å². The molecule has 0 bridgehead atoms. The van der Waals surface area contributed by atoms with Gasteiger partial charge in [-0.3, -0.25) is 0 Å². The van der Waals surface area contributed by atoms with Crippen molar-refractivity contribution in [3.05, 3.63) is 0 Å². The average Bonchev–Trinajstić information content (AvgIpc) is 2.27. The minimum atomic E-state index is -4.95. The van der Waals surface area contributed by atoms with Crippen molar-refractivity contribution in [2.75, 3.05) is 0 Å². The van der Waals surface area contributed by atoms with E-state index in [0.717, 1.165) is 12.8 Å². The van der Waals surface area contributed by atoms with Crippen LogP contribution in [-0.4, -0.2) is 29.0 Å². The van der Waals surface area contributed by atoms with Gasteiger partial charge in [0, 0.05) is 5.92 Å². The Morgan fingerprint density at radius 2 is 1.83 bits per heavy atom. The molecule has 0 saturated heterocycles. The Labute approximate surface area is 103 Å². The van der Waals surface area contributed by atoms with Crippen LogP contribution in [0.15, 0.2) is 0 Å². The zero-order valence-corrected chi connectivity index (χ0v) is 10.0. The van der Waals surface area contributed by atoms with Crippen molar-refractivity contribution in [3.63, 3.8) is 0 Å². The summed E-state index contributed by atoms with van der Waals surface area (Å²) in [7, 11) is 0. The van der Waals surface area contributed by atoms with Gasteiger partial charge in [-0.2, -0.15) is 13.2 Å². The molecule has 3 atom stereocenters. The number of carbonyl (C=O) groups is 1. The van der Waals surface area contributed by atoms with E-state index in [1.54, 1.807) is 0 Å². The Bertz CT molecular complexity index is 325. The summed E-state index contributed by atoms with van der Waals surface area (Å²) in [6.07, 6.45) is -1.16. The number of esters is 1. The molecule has 3 nitrogen and oxygen atoms in total. The van der Waals surface area contributed by atoms with Crippen LogP contribution >= 0.6 is 0 Å². The number of alkyl halides is 3. The maximum absolute atomic E-state index is 12.2. The van der Waals surface area contributed by atoms with E-state index in [1.165, 1.54) is 0 Å². The normalized spacial score (nSPS) is 36.9. The number of carbonyl (C=O) groups excluding carboxylic acids is 1. The smallest absolute Gasteiger partial charge is 0.455 e. The molecule has 0 aromatic heterocycles. The Hall–Kier alpha value is -0.780. The van der Waals surface area contributed by atoms with Gasteiger partial charge in [-0.15, -0.1) is 0 Å². The fourth-order valence-corrected chi connectivity index (χ4v) is 3.25. The Morgan fingerprint density at radius 3 is 2.50 bits per heavy atom. The predicted molar refractivity (Wildman–Crippen MR) is 56.7 cm³/mol. The second-order valence-corrected chi connectivity index (χ2v) is 5.29. The van der Waals surface area contributed by atoms with E-state index < -0.39 is 23.9 Å². The van der Waals surface area contributed by atoms with Gasteiger partial charge in [0.15, 0.2) is 0 Å². The fourth-order valence-electron chi connectivity index (χ4n) is 3.25. The summed E-state index contributed by atoms with van der Waals surface area (Å²) in [6.45, 7) is 0. The summed E-state index contributed by atoms with van der Waals surface area (Å²) in [4.78, 5) is 10.9. The van der Waals surface area contributed by atoms with E-state index >= 15 is 0 Å². The first-order chi connectivity index (χ1) is 8.33. The van der Waals surface area contributed by atoms with Gasteiger partial charge >= 0.3 is 12.1 Å². The number of hydrogen-bond donors (Lipinski definition) is 1. The lowest BCUT2D eigenvalue weighted by Crippen LogP contribution is -2.51. The molecule has 18 heavy (non-hydrogen) atoms. The third kappa shape index (κ3) is 2.63. The molecule has 104 valence electrons. The zero-order valence-electron chi connectivity index (χ0n) is 10.0. The predicted octanol–water partition coefficient (Wildman–Crippen LogP) is 2.57. The van der Waals surface area contributed by atoms with E-state index in [2.05, 4.69) is 4.74 Å². The summed E-state index contributed by atoms with van der Waals surface area (Å²) >= 11 is 0. The van der Waals surface area contributed by atoms with Crippen molar-refractivity contribution in [1.29, 1.82) is 0 Å². The Morgan fingerprint density at radius 1 is 1.17 bits per heavy atom. The topological polar surface area (TPSA) is 46.5 Å². The van der Waals surface area contributed by atoms with Crippen molar-refractivity contribution in [3.8, 4) is 0 Å². The van der Waals surface area contributed by atoms with E-state index in [4.69, 9.17) is 0 Å². The van der Waals surface area contributed by atoms with Gasteiger partial charge in [0.1, 0.15) is 6.10 Å². The van der Waals surface area contributed by atoms with Crippen LogP contribution in [0.1, 0.15) is 44.9 Å². The number of hydrogen-bond acceptors (Lipinski definition) is 3. The van der Waals surface area contributed by atoms with Crippen LogP contribution in [0.25, 0.3) is 0 Å². The van der Waals surface area contributed by atoms with Crippen LogP contribution in [0, 0.1) is 5.92 Å². The first-order valence-corrected chi connectivity index (χ1v) is 6.33. The monoisotopic (exact) mass is 266 g/mol. The lowest BCUT2D eigenvalue weighted by atomic mass is 9.66. The van der Waals surface area contributed by atoms with Gasteiger partial charge in [-0.05, 0) is 32.1 Å². The van der Waals surface area contributed by atoms with Gasteiger partial charge in [0.2, 0.25) is 0 Å². The van der Waals surface area contributed by atoms with Gasteiger partial charge < -0.3 is 9.84 Å². The van der Waals surface area contributed by atoms with Crippen LogP contribution < -0.4 is 0 Å². The third-order valence-electron chi connectivity index (χ3n) is 4.10. The molecule has 0 heterocycles. The molecule has 0 aliphatic heterocycles. The van der Waals surface area contributed by atoms with Crippen LogP contribution in [-0.2, 0) is 9.53 Å². The molecule has 6 heteroatoms. The first kappa shape index (κ1) is 13.6. The number of halogens is 3. The summed E-state index contributed by atoms with van der Waals surface area (Å²) in [5.74, 6) is -2.48. The largest absolute Gasteiger partial charge is 0.490 e. The second-order valence-electron chi connectivity index (χ2n) is 5.29. The minimum Gasteiger partial charge on any atom is -0.455 e. The molecule has 2 saturated carbocycles. The number of rotatable bonds is 1. The lowest BCUT2D eigenvalue weighted by molar-refractivity contribution is -0.217. The zero-order chi connectivity index (χ0) is 13.4. The van der Waals surface area contributed by atoms with Crippen LogP contribution in [0.4, 0.5) is 13.2 Å². The van der Waals surface area contributed by atoms with Crippen molar-refractivity contribution < 1.29 is 27.8 Å². The standard InChI is InChI=1S/C12H17F3O3/c13-12(14,15)10(16)18-9-5-3-7-11(17)6-2-1-4-8(9)11/h8-9,17H,1-7H2/t8-,9+,11+/m0/s1. The van der Waals surface area contributed by atoms with E-state index in [1.807, 2.05) is 0 Å². The molecule has 2 fully saturated rings. The number of fused-ring (bicyclic) bond motifs is 1. The second kappa shape index (κ2) is 4.72. The summed E-state index contributed by atoms with van der Waals surface area (Å²) in [5, 5.41) is 10.4. The highest BCUT2D eigenvalue weighted by Gasteiger charge is 2.50. The molecular formula is C12H17F3O3. The molecule has 0 radical (unpaired) electrons. The molecule has 2 aliphatic carbocycles. The first-order valence-electron chi connectivity index (χ1n) is 6.33. The van der Waals surface area contributed by atoms with Crippen LogP contribution in [0.3, 0.4) is 0 Å². The number of ether oxygens (including phenoxy) is 1. The Kier molecular flexibility index (Phi) is 3.58. The van der Waals surface area contributed by atoms with Crippen LogP contribution in [0.5, 0.6) is 0 Å². The SMILES string of the molecule is O=C(O[C@@H]1CCC[C@]2(O)CCCC[C@@H]12)C(F)(F)F. The third-order valence-corrected chi connectivity index (χ3v) is 4.10. The van der Waals surface area contributed by atoms with Gasteiger partial charge in [0.05, 0.1) is 5.60 Å². The highest BCUT2D eigenvalue weighted by molar-refractivity contribution is 5.75. The lowest BCUT2D eigenvalue weighted by Gasteiger charge is -2.47. The maximum Gasteiger partial charge on any atom is 0.490 e. The molecule has 0 amide bonds. The van der Waals surface area contributed by atoms with Crippen molar-refractivity contribution in [2.24, 2.45) is 5.92 Å².